The van der Waals surface area contributed by atoms with Crippen molar-refractivity contribution in [2.45, 2.75) is 18.9 Å². The summed E-state index contributed by atoms with van der Waals surface area (Å²) in [5.74, 6) is 0.928. The molecule has 0 atom stereocenters. The molecular formula is C20H22Cl2FN3O2. The lowest BCUT2D eigenvalue weighted by Gasteiger charge is -2.30. The highest BCUT2D eigenvalue weighted by atomic mass is 35.5. The first kappa shape index (κ1) is 20.7. The second-order valence-electron chi connectivity index (χ2n) is 6.61. The number of anilines is 2. The third-order valence-corrected chi connectivity index (χ3v) is 5.07. The first-order valence-corrected chi connectivity index (χ1v) is 9.35. The molecule has 2 heterocycles. The number of hydrogen-bond donors (Lipinski definition) is 1. The minimum Gasteiger partial charge on any atom is -0.493 e. The number of rotatable bonds is 4. The molecule has 150 valence electrons. The zero-order chi connectivity index (χ0) is 18.8. The second-order valence-corrected chi connectivity index (χ2v) is 7.04. The molecule has 0 spiro atoms. The van der Waals surface area contributed by atoms with Crippen molar-refractivity contribution in [1.29, 1.82) is 0 Å². The van der Waals surface area contributed by atoms with Crippen LogP contribution < -0.4 is 19.7 Å². The standard InChI is InChI=1S/C20H21ClFN3O2.ClH/c1-26-19-8-13-11-24-12-25(17-3-2-14(21)9-16(17)22)18(13)10-20(19)27-15-4-6-23-7-5-15;/h2-3,8-11,15,23H,4-7,12H2,1H3;1H. The summed E-state index contributed by atoms with van der Waals surface area (Å²) in [7, 11) is 1.62. The van der Waals surface area contributed by atoms with E-state index in [1.807, 2.05) is 17.0 Å². The van der Waals surface area contributed by atoms with Crippen molar-refractivity contribution >= 4 is 41.6 Å². The summed E-state index contributed by atoms with van der Waals surface area (Å²) in [5, 5.41) is 3.69. The normalized spacial score (nSPS) is 16.3. The van der Waals surface area contributed by atoms with Crippen LogP contribution in [0.15, 0.2) is 35.3 Å². The minimum absolute atomic E-state index is 0. The van der Waals surface area contributed by atoms with Crippen LogP contribution in [0.1, 0.15) is 18.4 Å². The largest absolute Gasteiger partial charge is 0.493 e. The fourth-order valence-corrected chi connectivity index (χ4v) is 3.61. The summed E-state index contributed by atoms with van der Waals surface area (Å²) in [6.07, 6.45) is 3.79. The fourth-order valence-electron chi connectivity index (χ4n) is 3.45. The Morgan fingerprint density at radius 3 is 2.64 bits per heavy atom. The number of hydrogen-bond acceptors (Lipinski definition) is 5. The molecule has 0 saturated carbocycles. The molecular weight excluding hydrogens is 404 g/mol. The lowest BCUT2D eigenvalue weighted by molar-refractivity contribution is 0.157. The molecule has 4 rings (SSSR count). The molecule has 0 aromatic heterocycles. The average Bonchev–Trinajstić information content (AvgIpc) is 2.68. The maximum atomic E-state index is 14.5. The molecule has 0 bridgehead atoms. The van der Waals surface area contributed by atoms with E-state index in [2.05, 4.69) is 10.3 Å². The summed E-state index contributed by atoms with van der Waals surface area (Å²) >= 11 is 5.90. The zero-order valence-corrected chi connectivity index (χ0v) is 17.0. The molecule has 0 radical (unpaired) electrons. The third-order valence-electron chi connectivity index (χ3n) is 4.84. The molecule has 0 unspecified atom stereocenters. The number of fused-ring (bicyclic) bond motifs is 1. The minimum atomic E-state index is -0.387. The van der Waals surface area contributed by atoms with Crippen LogP contribution in [0.25, 0.3) is 0 Å². The monoisotopic (exact) mass is 425 g/mol. The van der Waals surface area contributed by atoms with E-state index in [0.717, 1.165) is 37.2 Å². The molecule has 28 heavy (non-hydrogen) atoms. The first-order chi connectivity index (χ1) is 13.2. The molecule has 2 aliphatic heterocycles. The first-order valence-electron chi connectivity index (χ1n) is 8.97. The number of piperidine rings is 1. The van der Waals surface area contributed by atoms with Crippen LogP contribution in [-0.4, -0.2) is 39.2 Å². The third kappa shape index (κ3) is 4.19. The lowest BCUT2D eigenvalue weighted by Crippen LogP contribution is -2.34. The molecule has 8 heteroatoms. The highest BCUT2D eigenvalue weighted by Gasteiger charge is 2.24. The van der Waals surface area contributed by atoms with Gasteiger partial charge in [-0.15, -0.1) is 12.4 Å². The lowest BCUT2D eigenvalue weighted by atomic mass is 10.1. The Balaban J connectivity index is 0.00000225. The molecule has 0 amide bonds. The van der Waals surface area contributed by atoms with E-state index in [4.69, 9.17) is 21.1 Å². The number of nitrogens with zero attached hydrogens (tertiary/aromatic N) is 2. The number of nitrogens with one attached hydrogen (secondary N) is 1. The molecule has 2 aromatic rings. The van der Waals surface area contributed by atoms with Gasteiger partial charge in [0.05, 0.1) is 18.5 Å². The van der Waals surface area contributed by atoms with E-state index in [9.17, 15) is 4.39 Å². The van der Waals surface area contributed by atoms with Gasteiger partial charge >= 0.3 is 0 Å². The summed E-state index contributed by atoms with van der Waals surface area (Å²) in [4.78, 5) is 6.17. The van der Waals surface area contributed by atoms with E-state index in [-0.39, 0.29) is 24.3 Å². The van der Waals surface area contributed by atoms with Crippen LogP contribution in [0.2, 0.25) is 5.02 Å². The highest BCUT2D eigenvalue weighted by molar-refractivity contribution is 6.30. The average molecular weight is 426 g/mol. The summed E-state index contributed by atoms with van der Waals surface area (Å²) in [6, 6.07) is 8.45. The molecule has 2 aromatic carbocycles. The summed E-state index contributed by atoms with van der Waals surface area (Å²) in [5.41, 5.74) is 2.11. The van der Waals surface area contributed by atoms with Gasteiger partial charge in [-0.1, -0.05) is 11.6 Å². The molecule has 0 aliphatic carbocycles. The Morgan fingerprint density at radius 2 is 1.93 bits per heavy atom. The maximum absolute atomic E-state index is 14.5. The van der Waals surface area contributed by atoms with Gasteiger partial charge in [0, 0.05) is 22.9 Å². The van der Waals surface area contributed by atoms with Crippen molar-refractivity contribution in [3.63, 3.8) is 0 Å². The van der Waals surface area contributed by atoms with Gasteiger partial charge in [-0.25, -0.2) is 4.39 Å². The van der Waals surface area contributed by atoms with Crippen LogP contribution in [0.4, 0.5) is 15.8 Å². The zero-order valence-electron chi connectivity index (χ0n) is 15.5. The van der Waals surface area contributed by atoms with Crippen molar-refractivity contribution in [2.75, 3.05) is 31.8 Å². The van der Waals surface area contributed by atoms with Gasteiger partial charge in [-0.05, 0) is 50.2 Å². The SMILES string of the molecule is COc1cc2c(cc1OC1CCNCC1)N(c1ccc(Cl)cc1F)CN=C2.Cl. The Kier molecular flexibility index (Phi) is 6.65. The number of halogens is 3. The van der Waals surface area contributed by atoms with Crippen LogP contribution in [0.3, 0.4) is 0 Å². The molecule has 2 aliphatic rings. The van der Waals surface area contributed by atoms with Crippen molar-refractivity contribution in [3.8, 4) is 11.5 Å². The van der Waals surface area contributed by atoms with Crippen LogP contribution in [-0.2, 0) is 0 Å². The number of methoxy groups -OCH3 is 1. The summed E-state index contributed by atoms with van der Waals surface area (Å²) < 4.78 is 26.3. The topological polar surface area (TPSA) is 46.1 Å². The second kappa shape index (κ2) is 8.99. The predicted molar refractivity (Wildman–Crippen MR) is 113 cm³/mol. The van der Waals surface area contributed by atoms with Gasteiger partial charge in [-0.2, -0.15) is 0 Å². The molecule has 1 saturated heterocycles. The van der Waals surface area contributed by atoms with Crippen molar-refractivity contribution in [1.82, 2.24) is 5.32 Å². The van der Waals surface area contributed by atoms with E-state index in [0.29, 0.717) is 28.9 Å². The van der Waals surface area contributed by atoms with Crippen LogP contribution in [0, 0.1) is 5.82 Å². The summed E-state index contributed by atoms with van der Waals surface area (Å²) in [6.45, 7) is 2.20. The maximum Gasteiger partial charge on any atom is 0.163 e. The van der Waals surface area contributed by atoms with Crippen molar-refractivity contribution in [3.05, 3.63) is 46.7 Å². The van der Waals surface area contributed by atoms with Gasteiger partial charge in [0.25, 0.3) is 0 Å². The highest BCUT2D eigenvalue weighted by Crippen LogP contribution is 2.40. The molecule has 5 nitrogen and oxygen atoms in total. The Labute approximate surface area is 174 Å². The van der Waals surface area contributed by atoms with Gasteiger partial charge in [0.2, 0.25) is 0 Å². The van der Waals surface area contributed by atoms with Gasteiger partial charge in [-0.3, -0.25) is 4.99 Å². The molecule has 1 fully saturated rings. The number of benzene rings is 2. The smallest absolute Gasteiger partial charge is 0.163 e. The van der Waals surface area contributed by atoms with Gasteiger partial charge in [0.1, 0.15) is 18.6 Å². The van der Waals surface area contributed by atoms with E-state index >= 15 is 0 Å². The van der Waals surface area contributed by atoms with Crippen molar-refractivity contribution < 1.29 is 13.9 Å². The van der Waals surface area contributed by atoms with Crippen molar-refractivity contribution in [2.24, 2.45) is 4.99 Å². The number of ether oxygens (including phenoxy) is 2. The fraction of sp³-hybridized carbons (Fsp3) is 0.350. The van der Waals surface area contributed by atoms with E-state index in [1.165, 1.54) is 6.07 Å². The van der Waals surface area contributed by atoms with Crippen LogP contribution in [0.5, 0.6) is 11.5 Å². The van der Waals surface area contributed by atoms with E-state index < -0.39 is 0 Å². The quantitative estimate of drug-likeness (QED) is 0.778. The Bertz CT molecular complexity index is 873. The molecule has 1 N–H and O–H groups in total. The predicted octanol–water partition coefficient (Wildman–Crippen LogP) is 4.57. The van der Waals surface area contributed by atoms with E-state index in [1.54, 1.807) is 25.5 Å². The van der Waals surface area contributed by atoms with Gasteiger partial charge < -0.3 is 19.7 Å². The number of aliphatic imine (C=N–C) groups is 1. The van der Waals surface area contributed by atoms with Crippen LogP contribution >= 0.6 is 24.0 Å². The Hall–Kier alpha value is -2.02. The Morgan fingerprint density at radius 1 is 1.14 bits per heavy atom. The van der Waals surface area contributed by atoms with Gasteiger partial charge in [0.15, 0.2) is 11.5 Å².